The van der Waals surface area contributed by atoms with E-state index in [0.29, 0.717) is 17.2 Å². The number of barbiturate groups is 1. The third-order valence-electron chi connectivity index (χ3n) is 4.43. The van der Waals surface area contributed by atoms with Crippen LogP contribution in [0.2, 0.25) is 0 Å². The number of hydrogen-bond donors (Lipinski definition) is 1. The molecule has 1 aliphatic heterocycles. The molecule has 2 heterocycles. The third kappa shape index (κ3) is 3.12. The van der Waals surface area contributed by atoms with Gasteiger partial charge in [-0.2, -0.15) is 0 Å². The van der Waals surface area contributed by atoms with E-state index in [2.05, 4.69) is 5.32 Å². The Morgan fingerprint density at radius 1 is 0.893 bits per heavy atom. The van der Waals surface area contributed by atoms with E-state index >= 15 is 0 Å². The number of furan rings is 1. The van der Waals surface area contributed by atoms with Gasteiger partial charge >= 0.3 is 6.03 Å². The van der Waals surface area contributed by atoms with Gasteiger partial charge in [-0.3, -0.25) is 14.9 Å². The van der Waals surface area contributed by atoms with E-state index in [0.717, 1.165) is 16.0 Å². The molecule has 6 heteroatoms. The van der Waals surface area contributed by atoms with Crippen LogP contribution in [0.25, 0.3) is 17.4 Å². The highest BCUT2D eigenvalue weighted by molar-refractivity contribution is 6.39. The Morgan fingerprint density at radius 3 is 2.36 bits per heavy atom. The van der Waals surface area contributed by atoms with Gasteiger partial charge in [0, 0.05) is 5.56 Å². The number of hydrogen-bond acceptors (Lipinski definition) is 4. The molecule has 0 aliphatic carbocycles. The summed E-state index contributed by atoms with van der Waals surface area (Å²) in [5, 5.41) is 2.21. The molecule has 138 valence electrons. The van der Waals surface area contributed by atoms with Gasteiger partial charge in [0.2, 0.25) is 0 Å². The van der Waals surface area contributed by atoms with Gasteiger partial charge in [0.1, 0.15) is 17.1 Å². The predicted octanol–water partition coefficient (Wildman–Crippen LogP) is 3.92. The fourth-order valence-corrected chi connectivity index (χ4v) is 3.02. The molecule has 1 N–H and O–H groups in total. The third-order valence-corrected chi connectivity index (χ3v) is 4.43. The minimum atomic E-state index is -0.772. The summed E-state index contributed by atoms with van der Waals surface area (Å²) < 4.78 is 5.75. The Morgan fingerprint density at radius 2 is 1.61 bits per heavy atom. The van der Waals surface area contributed by atoms with Crippen LogP contribution in [0.1, 0.15) is 11.3 Å². The molecular formula is C22H16N2O4. The lowest BCUT2D eigenvalue weighted by molar-refractivity contribution is -0.122. The first-order valence-electron chi connectivity index (χ1n) is 8.67. The smallest absolute Gasteiger partial charge is 0.335 e. The van der Waals surface area contributed by atoms with Gasteiger partial charge in [-0.1, -0.05) is 48.5 Å². The van der Waals surface area contributed by atoms with Gasteiger partial charge in [-0.15, -0.1) is 0 Å². The number of aryl methyl sites for hydroxylation is 1. The van der Waals surface area contributed by atoms with Crippen LogP contribution in [-0.2, 0) is 9.59 Å². The number of imide groups is 2. The normalized spacial score (nSPS) is 15.8. The van der Waals surface area contributed by atoms with Gasteiger partial charge in [0.15, 0.2) is 0 Å². The highest BCUT2D eigenvalue weighted by atomic mass is 16.3. The van der Waals surface area contributed by atoms with Gasteiger partial charge in [-0.25, -0.2) is 9.69 Å². The molecule has 0 bridgehead atoms. The zero-order valence-electron chi connectivity index (χ0n) is 15.0. The highest BCUT2D eigenvalue weighted by Crippen LogP contribution is 2.27. The topological polar surface area (TPSA) is 79.6 Å². The summed E-state index contributed by atoms with van der Waals surface area (Å²) in [7, 11) is 0. The number of urea groups is 1. The zero-order valence-corrected chi connectivity index (χ0v) is 15.0. The van der Waals surface area contributed by atoms with E-state index in [4.69, 9.17) is 4.42 Å². The molecule has 0 atom stereocenters. The van der Waals surface area contributed by atoms with E-state index in [1.165, 1.54) is 6.08 Å². The summed E-state index contributed by atoms with van der Waals surface area (Å²) >= 11 is 0. The van der Waals surface area contributed by atoms with Crippen LogP contribution in [0.5, 0.6) is 0 Å². The molecule has 4 rings (SSSR count). The predicted molar refractivity (Wildman–Crippen MR) is 104 cm³/mol. The average molecular weight is 372 g/mol. The molecule has 0 unspecified atom stereocenters. The van der Waals surface area contributed by atoms with E-state index in [1.54, 1.807) is 43.3 Å². The Labute approximate surface area is 161 Å². The monoisotopic (exact) mass is 372 g/mol. The Kier molecular flexibility index (Phi) is 4.37. The van der Waals surface area contributed by atoms with Crippen molar-refractivity contribution in [1.29, 1.82) is 0 Å². The summed E-state index contributed by atoms with van der Waals surface area (Å²) in [5.74, 6) is -0.488. The average Bonchev–Trinajstić information content (AvgIpc) is 3.16. The van der Waals surface area contributed by atoms with Gasteiger partial charge < -0.3 is 4.42 Å². The summed E-state index contributed by atoms with van der Waals surface area (Å²) in [5.41, 5.74) is 1.87. The van der Waals surface area contributed by atoms with Crippen LogP contribution >= 0.6 is 0 Å². The van der Waals surface area contributed by atoms with Crippen molar-refractivity contribution in [1.82, 2.24) is 5.32 Å². The number of carbonyl (C=O) groups is 3. The minimum absolute atomic E-state index is 0.170. The Bertz CT molecular complexity index is 1110. The lowest BCUT2D eigenvalue weighted by Gasteiger charge is -2.27. The summed E-state index contributed by atoms with van der Waals surface area (Å²) in [6.45, 7) is 1.79. The van der Waals surface area contributed by atoms with Crippen molar-refractivity contribution in [2.45, 2.75) is 6.92 Å². The van der Waals surface area contributed by atoms with E-state index < -0.39 is 17.8 Å². The maximum Gasteiger partial charge on any atom is 0.335 e. The van der Waals surface area contributed by atoms with Gasteiger partial charge in [0.05, 0.1) is 5.69 Å². The second-order valence-electron chi connectivity index (χ2n) is 6.31. The molecule has 1 saturated heterocycles. The maximum absolute atomic E-state index is 12.9. The molecule has 1 fully saturated rings. The van der Waals surface area contributed by atoms with Gasteiger partial charge in [0.25, 0.3) is 11.8 Å². The molecule has 28 heavy (non-hydrogen) atoms. The molecular weight excluding hydrogens is 356 g/mol. The van der Waals surface area contributed by atoms with Crippen molar-refractivity contribution in [2.24, 2.45) is 0 Å². The Hall–Kier alpha value is -3.93. The summed E-state index contributed by atoms with van der Waals surface area (Å²) in [6.07, 6.45) is 1.35. The first-order valence-corrected chi connectivity index (χ1v) is 8.67. The Balaban J connectivity index is 1.70. The van der Waals surface area contributed by atoms with Crippen molar-refractivity contribution in [3.8, 4) is 11.3 Å². The molecule has 2 aromatic carbocycles. The van der Waals surface area contributed by atoms with Crippen LogP contribution in [-0.4, -0.2) is 17.8 Å². The number of benzene rings is 2. The fraction of sp³-hybridized carbons (Fsp3) is 0.0455. The van der Waals surface area contributed by atoms with Crippen LogP contribution in [0, 0.1) is 6.92 Å². The van der Waals surface area contributed by atoms with Crippen LogP contribution in [0.15, 0.2) is 76.7 Å². The molecule has 3 aromatic rings. The molecule has 1 aromatic heterocycles. The van der Waals surface area contributed by atoms with Crippen molar-refractivity contribution in [3.05, 3.63) is 83.6 Å². The first-order chi connectivity index (χ1) is 13.5. The zero-order chi connectivity index (χ0) is 19.7. The van der Waals surface area contributed by atoms with E-state index in [1.807, 2.05) is 30.3 Å². The summed E-state index contributed by atoms with van der Waals surface area (Å²) in [6, 6.07) is 19.1. The van der Waals surface area contributed by atoms with Crippen molar-refractivity contribution < 1.29 is 18.8 Å². The lowest BCUT2D eigenvalue weighted by atomic mass is 10.1. The van der Waals surface area contributed by atoms with E-state index in [9.17, 15) is 14.4 Å². The highest BCUT2D eigenvalue weighted by Gasteiger charge is 2.37. The lowest BCUT2D eigenvalue weighted by Crippen LogP contribution is -2.54. The number of anilines is 1. The second-order valence-corrected chi connectivity index (χ2v) is 6.31. The molecule has 6 nitrogen and oxygen atoms in total. The molecule has 0 radical (unpaired) electrons. The molecule has 1 aliphatic rings. The van der Waals surface area contributed by atoms with E-state index in [-0.39, 0.29) is 5.57 Å². The molecule has 4 amide bonds. The molecule has 0 spiro atoms. The van der Waals surface area contributed by atoms with Crippen molar-refractivity contribution in [3.63, 3.8) is 0 Å². The number of nitrogens with zero attached hydrogens (tertiary/aromatic N) is 1. The van der Waals surface area contributed by atoms with Crippen LogP contribution in [0.3, 0.4) is 0 Å². The number of amides is 4. The van der Waals surface area contributed by atoms with Crippen LogP contribution in [0.4, 0.5) is 10.5 Å². The fourth-order valence-electron chi connectivity index (χ4n) is 3.02. The number of nitrogens with one attached hydrogen (secondary N) is 1. The SMILES string of the molecule is Cc1ccccc1N1C(=O)NC(=O)/C(=C\c2ccc(-c3ccccc3)o2)C1=O. The number of rotatable bonds is 3. The second kappa shape index (κ2) is 7.00. The van der Waals surface area contributed by atoms with Crippen molar-refractivity contribution in [2.75, 3.05) is 4.90 Å². The standard InChI is InChI=1S/C22H16N2O4/c1-14-7-5-6-10-18(14)24-21(26)17(20(25)23-22(24)27)13-16-11-12-19(28-16)15-8-3-2-4-9-15/h2-13H,1H3,(H,23,25,27)/b17-13+. The maximum atomic E-state index is 12.9. The molecule has 0 saturated carbocycles. The minimum Gasteiger partial charge on any atom is -0.457 e. The number of carbonyl (C=O) groups excluding carboxylic acids is 3. The first kappa shape index (κ1) is 17.5. The summed E-state index contributed by atoms with van der Waals surface area (Å²) in [4.78, 5) is 38.4. The number of para-hydroxylation sites is 1. The van der Waals surface area contributed by atoms with Crippen LogP contribution < -0.4 is 10.2 Å². The van der Waals surface area contributed by atoms with Gasteiger partial charge in [-0.05, 0) is 36.8 Å². The van der Waals surface area contributed by atoms with Crippen molar-refractivity contribution >= 4 is 29.6 Å². The quantitative estimate of drug-likeness (QED) is 0.558. The largest absolute Gasteiger partial charge is 0.457 e.